The van der Waals surface area contributed by atoms with E-state index >= 15 is 0 Å². The molecule has 34 heavy (non-hydrogen) atoms. The number of carbonyl (C=O) groups excluding carboxylic acids is 1. The molecule has 0 radical (unpaired) electrons. The first-order chi connectivity index (χ1) is 16.0. The highest BCUT2D eigenvalue weighted by Crippen LogP contribution is 2.31. The minimum atomic E-state index is -1.83. The van der Waals surface area contributed by atoms with E-state index in [-0.39, 0.29) is 4.57 Å². The maximum absolute atomic E-state index is 14.0. The minimum Gasteiger partial charge on any atom is -0.468 e. The van der Waals surface area contributed by atoms with Crippen LogP contribution in [-0.2, 0) is 23.1 Å². The van der Waals surface area contributed by atoms with Crippen LogP contribution in [0.4, 0.5) is 18.9 Å². The van der Waals surface area contributed by atoms with Crippen LogP contribution >= 0.6 is 0 Å². The summed E-state index contributed by atoms with van der Waals surface area (Å²) >= 11 is 0. The molecular weight excluding hydrogens is 469 g/mol. The van der Waals surface area contributed by atoms with Gasteiger partial charge in [-0.05, 0) is 18.2 Å². The van der Waals surface area contributed by atoms with Crippen molar-refractivity contribution in [1.82, 2.24) is 13.7 Å². The van der Waals surface area contributed by atoms with Crippen molar-refractivity contribution >= 4 is 11.7 Å². The van der Waals surface area contributed by atoms with Crippen LogP contribution < -0.4 is 21.8 Å². The number of halogens is 3. The molecule has 0 aliphatic heterocycles. The molecule has 0 saturated carbocycles. The normalized spacial score (nSPS) is 10.7. The third-order valence-electron chi connectivity index (χ3n) is 4.55. The maximum atomic E-state index is 14.0. The first kappa shape index (κ1) is 24.0. The zero-order chi connectivity index (χ0) is 25.3. The van der Waals surface area contributed by atoms with Gasteiger partial charge >= 0.3 is 23.0 Å². The van der Waals surface area contributed by atoms with Gasteiger partial charge in [-0.15, -0.1) is 0 Å². The van der Waals surface area contributed by atoms with Gasteiger partial charge in [0.25, 0.3) is 5.69 Å². The van der Waals surface area contributed by atoms with E-state index in [0.29, 0.717) is 15.2 Å². The highest BCUT2D eigenvalue weighted by atomic mass is 19.2. The van der Waals surface area contributed by atoms with Crippen LogP contribution in [0.25, 0.3) is 5.69 Å². The molecule has 12 nitrogen and oxygen atoms in total. The lowest BCUT2D eigenvalue weighted by molar-refractivity contribution is -0.384. The number of esters is 1. The molecule has 0 saturated heterocycles. The number of methoxy groups -OCH3 is 1. The lowest BCUT2D eigenvalue weighted by Gasteiger charge is -2.13. The molecule has 3 aromatic rings. The molecule has 0 spiro atoms. The van der Waals surface area contributed by atoms with E-state index < -0.39 is 74.8 Å². The van der Waals surface area contributed by atoms with Gasteiger partial charge in [0, 0.05) is 19.2 Å². The Morgan fingerprint density at radius 1 is 1.03 bits per heavy atom. The van der Waals surface area contributed by atoms with Crippen LogP contribution in [0.2, 0.25) is 0 Å². The summed E-state index contributed by atoms with van der Waals surface area (Å²) in [5.74, 6) is -7.25. The summed E-state index contributed by atoms with van der Waals surface area (Å²) in [6.07, 6.45) is 0. The minimum absolute atomic E-state index is 0.219. The average Bonchev–Trinajstić information content (AvgIpc) is 2.80. The molecule has 1 aromatic heterocycles. The van der Waals surface area contributed by atoms with Crippen molar-refractivity contribution in [1.29, 1.82) is 0 Å². The highest BCUT2D eigenvalue weighted by molar-refractivity contribution is 5.68. The van der Waals surface area contributed by atoms with Crippen LogP contribution in [0.5, 0.6) is 11.5 Å². The van der Waals surface area contributed by atoms with Crippen LogP contribution in [-0.4, -0.2) is 31.7 Å². The van der Waals surface area contributed by atoms with Crippen molar-refractivity contribution in [2.45, 2.75) is 6.54 Å². The van der Waals surface area contributed by atoms with E-state index in [1.54, 1.807) is 0 Å². The van der Waals surface area contributed by atoms with Crippen molar-refractivity contribution in [3.63, 3.8) is 0 Å². The summed E-state index contributed by atoms with van der Waals surface area (Å²) in [7, 11) is 1.94. The predicted octanol–water partition coefficient (Wildman–Crippen LogP) is 0.989. The van der Waals surface area contributed by atoms with Crippen LogP contribution in [0, 0.1) is 27.6 Å². The smallest absolute Gasteiger partial charge is 0.341 e. The van der Waals surface area contributed by atoms with Gasteiger partial charge in [-0.3, -0.25) is 14.9 Å². The number of aromatic nitrogens is 3. The van der Waals surface area contributed by atoms with Crippen LogP contribution in [0.15, 0.2) is 44.7 Å². The van der Waals surface area contributed by atoms with Gasteiger partial charge < -0.3 is 9.47 Å². The number of ether oxygens (including phenoxy) is 2. The Labute approximate surface area is 185 Å². The second-order valence-corrected chi connectivity index (χ2v) is 6.59. The quantitative estimate of drug-likeness (QED) is 0.219. The first-order valence-electron chi connectivity index (χ1n) is 9.07. The largest absolute Gasteiger partial charge is 0.468 e. The zero-order valence-corrected chi connectivity index (χ0v) is 17.3. The number of nitro benzene ring substituents is 1. The Kier molecular flexibility index (Phi) is 6.38. The number of nitro groups is 1. The standard InChI is InChI=1S/C19H13F3N4O8/c1-23-17(28)24(8-14(27)33-2)19(30)25(18(23)29)12-7-9(3-5-11(12)26(31)32)34-13-6-4-10(20)15(21)16(13)22/h3-7H,8H2,1-2H3. The molecular formula is C19H13F3N4O8. The molecule has 178 valence electrons. The number of carbonyl (C=O) groups is 1. The summed E-state index contributed by atoms with van der Waals surface area (Å²) < 4.78 is 51.1. The Balaban J connectivity index is 2.27. The Hall–Kier alpha value is -4.69. The molecule has 15 heteroatoms. The predicted molar refractivity (Wildman–Crippen MR) is 107 cm³/mol. The molecule has 0 aliphatic rings. The Morgan fingerprint density at radius 2 is 1.71 bits per heavy atom. The van der Waals surface area contributed by atoms with Crippen molar-refractivity contribution in [2.24, 2.45) is 7.05 Å². The van der Waals surface area contributed by atoms with Crippen molar-refractivity contribution in [3.8, 4) is 17.2 Å². The van der Waals surface area contributed by atoms with E-state index in [2.05, 4.69) is 4.74 Å². The summed E-state index contributed by atoms with van der Waals surface area (Å²) in [6.45, 7) is -0.910. The van der Waals surface area contributed by atoms with Crippen LogP contribution in [0.1, 0.15) is 0 Å². The summed E-state index contributed by atoms with van der Waals surface area (Å²) in [5.41, 5.74) is -5.45. The molecule has 0 unspecified atom stereocenters. The average molecular weight is 482 g/mol. The zero-order valence-electron chi connectivity index (χ0n) is 17.3. The fourth-order valence-electron chi connectivity index (χ4n) is 2.85. The molecule has 0 aliphatic carbocycles. The second-order valence-electron chi connectivity index (χ2n) is 6.59. The van der Waals surface area contributed by atoms with E-state index in [0.717, 1.165) is 38.4 Å². The molecule has 2 aromatic carbocycles. The van der Waals surface area contributed by atoms with E-state index in [9.17, 15) is 42.5 Å². The molecule has 0 atom stereocenters. The molecule has 1 heterocycles. The number of benzene rings is 2. The monoisotopic (exact) mass is 482 g/mol. The van der Waals surface area contributed by atoms with Gasteiger partial charge in [-0.2, -0.15) is 4.39 Å². The number of nitrogens with zero attached hydrogens (tertiary/aromatic N) is 4. The van der Waals surface area contributed by atoms with Crippen molar-refractivity contribution in [2.75, 3.05) is 7.11 Å². The lowest BCUT2D eigenvalue weighted by atomic mass is 10.2. The van der Waals surface area contributed by atoms with Gasteiger partial charge in [0.2, 0.25) is 5.82 Å². The third-order valence-corrected chi connectivity index (χ3v) is 4.55. The molecule has 0 N–H and O–H groups in total. The molecule has 3 rings (SSSR count). The summed E-state index contributed by atoms with van der Waals surface area (Å²) in [6, 6.07) is 3.83. The fourth-order valence-corrected chi connectivity index (χ4v) is 2.85. The Morgan fingerprint density at radius 3 is 2.32 bits per heavy atom. The molecule has 0 fully saturated rings. The fraction of sp³-hybridized carbons (Fsp3) is 0.158. The SMILES string of the molecule is COC(=O)Cn1c(=O)n(C)c(=O)n(-c2cc(Oc3ccc(F)c(F)c3F)ccc2[N+](=O)[O-])c1=O. The highest BCUT2D eigenvalue weighted by Gasteiger charge is 2.25. The van der Waals surface area contributed by atoms with Gasteiger partial charge in [0.1, 0.15) is 18.0 Å². The van der Waals surface area contributed by atoms with E-state index in [1.807, 2.05) is 0 Å². The second kappa shape index (κ2) is 9.05. The van der Waals surface area contributed by atoms with Gasteiger partial charge in [-0.25, -0.2) is 36.9 Å². The topological polar surface area (TPSA) is 145 Å². The van der Waals surface area contributed by atoms with Gasteiger partial charge in [0.15, 0.2) is 17.4 Å². The summed E-state index contributed by atoms with van der Waals surface area (Å²) in [4.78, 5) is 60.1. The number of hydrogen-bond acceptors (Lipinski definition) is 8. The maximum Gasteiger partial charge on any atom is 0.341 e. The van der Waals surface area contributed by atoms with Crippen molar-refractivity contribution < 1.29 is 32.4 Å². The lowest BCUT2D eigenvalue weighted by Crippen LogP contribution is -2.53. The molecule has 0 amide bonds. The van der Waals surface area contributed by atoms with Crippen molar-refractivity contribution in [3.05, 3.63) is 89.4 Å². The molecule has 0 bridgehead atoms. The number of rotatable bonds is 6. The first-order valence-corrected chi connectivity index (χ1v) is 9.07. The van der Waals surface area contributed by atoms with Gasteiger partial charge in [-0.1, -0.05) is 0 Å². The Bertz CT molecular complexity index is 1510. The summed E-state index contributed by atoms with van der Waals surface area (Å²) in [5, 5.41) is 11.5. The third kappa shape index (κ3) is 4.17. The van der Waals surface area contributed by atoms with E-state index in [4.69, 9.17) is 4.74 Å². The van der Waals surface area contributed by atoms with Crippen LogP contribution in [0.3, 0.4) is 0 Å². The van der Waals surface area contributed by atoms with Gasteiger partial charge in [0.05, 0.1) is 12.0 Å². The number of hydrogen-bond donors (Lipinski definition) is 0. The van der Waals surface area contributed by atoms with E-state index in [1.165, 1.54) is 0 Å².